The van der Waals surface area contributed by atoms with Crippen LogP contribution in [-0.2, 0) is 12.8 Å². The summed E-state index contributed by atoms with van der Waals surface area (Å²) in [5.74, 6) is 0.871. The van der Waals surface area contributed by atoms with Gasteiger partial charge in [-0.2, -0.15) is 0 Å². The summed E-state index contributed by atoms with van der Waals surface area (Å²) in [6.45, 7) is 2.18. The highest BCUT2D eigenvalue weighted by Gasteiger charge is 2.09. The van der Waals surface area contributed by atoms with Crippen LogP contribution in [0.15, 0.2) is 36.4 Å². The van der Waals surface area contributed by atoms with Crippen LogP contribution in [0.25, 0.3) is 0 Å². The van der Waals surface area contributed by atoms with Gasteiger partial charge in [-0.15, -0.1) is 11.3 Å². The van der Waals surface area contributed by atoms with Crippen LogP contribution < -0.4 is 10.5 Å². The second-order valence-corrected chi connectivity index (χ2v) is 5.56. The van der Waals surface area contributed by atoms with Gasteiger partial charge in [0, 0.05) is 22.2 Å². The number of aryl methyl sites for hydroxylation is 1. The van der Waals surface area contributed by atoms with Gasteiger partial charge >= 0.3 is 0 Å². The number of benzene rings is 1. The molecule has 0 spiro atoms. The summed E-state index contributed by atoms with van der Waals surface area (Å²) in [5, 5.41) is 0. The van der Waals surface area contributed by atoms with E-state index in [-0.39, 0.29) is 6.04 Å². The third kappa shape index (κ3) is 3.12. The molecule has 0 saturated carbocycles. The Balaban J connectivity index is 2.03. The van der Waals surface area contributed by atoms with Crippen molar-refractivity contribution in [1.29, 1.82) is 0 Å². The summed E-state index contributed by atoms with van der Waals surface area (Å²) in [7, 11) is 1.67. The van der Waals surface area contributed by atoms with Crippen LogP contribution in [-0.4, -0.2) is 7.11 Å². The Labute approximate surface area is 112 Å². The molecule has 18 heavy (non-hydrogen) atoms. The predicted octanol–water partition coefficient (Wildman–Crippen LogP) is 3.56. The van der Waals surface area contributed by atoms with Gasteiger partial charge in [0.1, 0.15) is 5.75 Å². The summed E-state index contributed by atoms with van der Waals surface area (Å²) >= 11 is 1.86. The van der Waals surface area contributed by atoms with Gasteiger partial charge in [-0.3, -0.25) is 0 Å². The minimum atomic E-state index is 0.0549. The third-order valence-electron chi connectivity index (χ3n) is 3.03. The number of hydrogen-bond donors (Lipinski definition) is 1. The van der Waals surface area contributed by atoms with E-state index in [1.165, 1.54) is 9.75 Å². The van der Waals surface area contributed by atoms with Crippen molar-refractivity contribution in [3.8, 4) is 5.75 Å². The Morgan fingerprint density at radius 1 is 1.11 bits per heavy atom. The molecule has 2 nitrogen and oxygen atoms in total. The van der Waals surface area contributed by atoms with E-state index < -0.39 is 0 Å². The fraction of sp³-hybridized carbons (Fsp3) is 0.333. The van der Waals surface area contributed by atoms with Gasteiger partial charge in [0.05, 0.1) is 7.11 Å². The monoisotopic (exact) mass is 261 g/mol. The Morgan fingerprint density at radius 3 is 2.33 bits per heavy atom. The molecule has 0 amide bonds. The largest absolute Gasteiger partial charge is 0.497 e. The lowest BCUT2D eigenvalue weighted by Crippen LogP contribution is -2.12. The topological polar surface area (TPSA) is 35.2 Å². The molecule has 0 aliphatic heterocycles. The maximum Gasteiger partial charge on any atom is 0.118 e. The number of methoxy groups -OCH3 is 1. The number of ether oxygens (including phenoxy) is 1. The minimum Gasteiger partial charge on any atom is -0.497 e. The molecule has 2 N–H and O–H groups in total. The molecule has 2 rings (SSSR count). The highest BCUT2D eigenvalue weighted by molar-refractivity contribution is 7.11. The summed E-state index contributed by atoms with van der Waals surface area (Å²) < 4.78 is 5.15. The summed E-state index contributed by atoms with van der Waals surface area (Å²) in [4.78, 5) is 2.78. The zero-order valence-electron chi connectivity index (χ0n) is 10.8. The zero-order valence-corrected chi connectivity index (χ0v) is 11.7. The fourth-order valence-corrected chi connectivity index (χ4v) is 2.92. The first-order valence-electron chi connectivity index (χ1n) is 6.20. The standard InChI is InChI=1S/C15H19NOS/c1-3-13-8-9-14(18-13)10-15(16)11-4-6-12(17-2)7-5-11/h4-9,15H,3,10,16H2,1-2H3. The number of thiophene rings is 1. The van der Waals surface area contributed by atoms with Crippen molar-refractivity contribution in [2.75, 3.05) is 7.11 Å². The van der Waals surface area contributed by atoms with E-state index in [1.54, 1.807) is 7.11 Å². The van der Waals surface area contributed by atoms with Crippen molar-refractivity contribution in [2.45, 2.75) is 25.8 Å². The first-order valence-corrected chi connectivity index (χ1v) is 7.01. The average molecular weight is 261 g/mol. The van der Waals surface area contributed by atoms with Crippen molar-refractivity contribution in [2.24, 2.45) is 5.73 Å². The first kappa shape index (κ1) is 13.1. The molecule has 3 heteroatoms. The molecule has 1 aromatic heterocycles. The second kappa shape index (κ2) is 6.03. The van der Waals surface area contributed by atoms with Gasteiger partial charge in [-0.25, -0.2) is 0 Å². The van der Waals surface area contributed by atoms with Crippen LogP contribution >= 0.6 is 11.3 Å². The predicted molar refractivity (Wildman–Crippen MR) is 77.3 cm³/mol. The van der Waals surface area contributed by atoms with E-state index in [1.807, 2.05) is 35.6 Å². The molecular formula is C15H19NOS. The van der Waals surface area contributed by atoms with Crippen molar-refractivity contribution in [3.63, 3.8) is 0 Å². The molecule has 0 fully saturated rings. The Bertz CT molecular complexity index is 489. The van der Waals surface area contributed by atoms with Gasteiger partial charge < -0.3 is 10.5 Å². The molecule has 0 aliphatic carbocycles. The third-order valence-corrected chi connectivity index (χ3v) is 4.28. The zero-order chi connectivity index (χ0) is 13.0. The van der Waals surface area contributed by atoms with E-state index in [2.05, 4.69) is 19.1 Å². The molecule has 1 aromatic carbocycles. The van der Waals surface area contributed by atoms with Gasteiger partial charge in [-0.1, -0.05) is 19.1 Å². The second-order valence-electron chi connectivity index (χ2n) is 4.31. The van der Waals surface area contributed by atoms with E-state index in [0.717, 1.165) is 24.2 Å². The lowest BCUT2D eigenvalue weighted by atomic mass is 10.0. The van der Waals surface area contributed by atoms with Gasteiger partial charge in [0.25, 0.3) is 0 Å². The highest BCUT2D eigenvalue weighted by atomic mass is 32.1. The van der Waals surface area contributed by atoms with Crippen LogP contribution in [0.3, 0.4) is 0 Å². The van der Waals surface area contributed by atoms with Crippen LogP contribution in [0.1, 0.15) is 28.3 Å². The van der Waals surface area contributed by atoms with Crippen LogP contribution in [0.5, 0.6) is 5.75 Å². The maximum atomic E-state index is 6.24. The summed E-state index contributed by atoms with van der Waals surface area (Å²) in [6.07, 6.45) is 2.00. The molecule has 1 unspecified atom stereocenters. The van der Waals surface area contributed by atoms with E-state index in [0.29, 0.717) is 0 Å². The average Bonchev–Trinajstić information content (AvgIpc) is 2.86. The molecule has 1 heterocycles. The highest BCUT2D eigenvalue weighted by Crippen LogP contribution is 2.24. The maximum absolute atomic E-state index is 6.24. The molecule has 2 aromatic rings. The van der Waals surface area contributed by atoms with Crippen molar-refractivity contribution < 1.29 is 4.74 Å². The van der Waals surface area contributed by atoms with Gasteiger partial charge in [-0.05, 0) is 36.2 Å². The van der Waals surface area contributed by atoms with Crippen LogP contribution in [0, 0.1) is 0 Å². The number of rotatable bonds is 5. The van der Waals surface area contributed by atoms with Crippen molar-refractivity contribution in [1.82, 2.24) is 0 Å². The van der Waals surface area contributed by atoms with E-state index >= 15 is 0 Å². The smallest absolute Gasteiger partial charge is 0.118 e. The first-order chi connectivity index (χ1) is 8.72. The van der Waals surface area contributed by atoms with Gasteiger partial charge in [0.2, 0.25) is 0 Å². The summed E-state index contributed by atoms with van der Waals surface area (Å²) in [5.41, 5.74) is 7.39. The molecule has 0 radical (unpaired) electrons. The minimum absolute atomic E-state index is 0.0549. The molecule has 96 valence electrons. The molecule has 0 aliphatic rings. The molecular weight excluding hydrogens is 242 g/mol. The molecule has 0 bridgehead atoms. The summed E-state index contributed by atoms with van der Waals surface area (Å²) in [6, 6.07) is 12.4. The fourth-order valence-electron chi connectivity index (χ4n) is 1.91. The Kier molecular flexibility index (Phi) is 4.39. The Hall–Kier alpha value is -1.32. The van der Waals surface area contributed by atoms with Crippen molar-refractivity contribution >= 4 is 11.3 Å². The molecule has 0 saturated heterocycles. The lowest BCUT2D eigenvalue weighted by Gasteiger charge is -2.11. The quantitative estimate of drug-likeness (QED) is 0.893. The van der Waals surface area contributed by atoms with E-state index in [4.69, 9.17) is 10.5 Å². The number of nitrogens with two attached hydrogens (primary N) is 1. The normalized spacial score (nSPS) is 12.4. The van der Waals surface area contributed by atoms with E-state index in [9.17, 15) is 0 Å². The van der Waals surface area contributed by atoms with Gasteiger partial charge in [0.15, 0.2) is 0 Å². The molecule has 1 atom stereocenters. The Morgan fingerprint density at radius 2 is 1.78 bits per heavy atom. The van der Waals surface area contributed by atoms with Crippen molar-refractivity contribution in [3.05, 3.63) is 51.7 Å². The SMILES string of the molecule is CCc1ccc(CC(N)c2ccc(OC)cc2)s1. The lowest BCUT2D eigenvalue weighted by molar-refractivity contribution is 0.414. The van der Waals surface area contributed by atoms with Crippen LogP contribution in [0.4, 0.5) is 0 Å². The van der Waals surface area contributed by atoms with Crippen LogP contribution in [0.2, 0.25) is 0 Å². The number of hydrogen-bond acceptors (Lipinski definition) is 3.